The zero-order valence-corrected chi connectivity index (χ0v) is 7.10. The summed E-state index contributed by atoms with van der Waals surface area (Å²) in [5, 5.41) is 3.38. The lowest BCUT2D eigenvalue weighted by Crippen LogP contribution is -2.30. The Labute approximate surface area is 68.9 Å². The van der Waals surface area contributed by atoms with Crippen molar-refractivity contribution in [1.82, 2.24) is 5.32 Å². The summed E-state index contributed by atoms with van der Waals surface area (Å²) in [7, 11) is 0. The third-order valence-corrected chi connectivity index (χ3v) is 2.26. The number of hydrogen-bond acceptors (Lipinski definition) is 2. The van der Waals surface area contributed by atoms with E-state index in [0.29, 0.717) is 6.54 Å². The van der Waals surface area contributed by atoms with E-state index in [-0.39, 0.29) is 0 Å². The molecule has 1 heterocycles. The van der Waals surface area contributed by atoms with Crippen LogP contribution >= 0.6 is 0 Å². The van der Waals surface area contributed by atoms with Gasteiger partial charge >= 0.3 is 0 Å². The van der Waals surface area contributed by atoms with Crippen molar-refractivity contribution < 1.29 is 0 Å². The van der Waals surface area contributed by atoms with Crippen LogP contribution in [-0.2, 0) is 0 Å². The molecule has 0 spiro atoms. The van der Waals surface area contributed by atoms with Crippen molar-refractivity contribution in [3.63, 3.8) is 0 Å². The van der Waals surface area contributed by atoms with Crippen molar-refractivity contribution >= 4 is 0 Å². The van der Waals surface area contributed by atoms with E-state index in [0.717, 1.165) is 18.9 Å². The molecule has 1 rings (SSSR count). The largest absolute Gasteiger partial charge is 0.327 e. The van der Waals surface area contributed by atoms with E-state index in [2.05, 4.69) is 11.9 Å². The van der Waals surface area contributed by atoms with Crippen molar-refractivity contribution in [2.24, 2.45) is 11.7 Å². The summed E-state index contributed by atoms with van der Waals surface area (Å²) in [6.45, 7) is 6.90. The highest BCUT2D eigenvalue weighted by Gasteiger charge is 2.12. The molecule has 2 heteroatoms. The summed E-state index contributed by atoms with van der Waals surface area (Å²) in [6.07, 6.45) is 3.76. The van der Waals surface area contributed by atoms with Crippen molar-refractivity contribution in [2.75, 3.05) is 19.6 Å². The van der Waals surface area contributed by atoms with Crippen molar-refractivity contribution in [2.45, 2.75) is 19.3 Å². The fraction of sp³-hybridized carbons (Fsp3) is 0.778. The molecule has 3 N–H and O–H groups in total. The zero-order valence-electron chi connectivity index (χ0n) is 7.10. The summed E-state index contributed by atoms with van der Waals surface area (Å²) >= 11 is 0. The molecule has 0 aromatic rings. The van der Waals surface area contributed by atoms with E-state index in [1.165, 1.54) is 25.0 Å². The Morgan fingerprint density at radius 2 is 2.45 bits per heavy atom. The van der Waals surface area contributed by atoms with Gasteiger partial charge in [0.25, 0.3) is 0 Å². The summed E-state index contributed by atoms with van der Waals surface area (Å²) < 4.78 is 0. The maximum atomic E-state index is 5.47. The SMILES string of the molecule is C=C(CN)CC1CCCNC1. The molecule has 0 saturated carbocycles. The van der Waals surface area contributed by atoms with Crippen LogP contribution in [0.2, 0.25) is 0 Å². The van der Waals surface area contributed by atoms with Gasteiger partial charge < -0.3 is 11.1 Å². The molecule has 0 amide bonds. The summed E-state index contributed by atoms with van der Waals surface area (Å²) in [6, 6.07) is 0. The zero-order chi connectivity index (χ0) is 8.10. The van der Waals surface area contributed by atoms with Gasteiger partial charge in [-0.25, -0.2) is 0 Å². The number of hydrogen-bond donors (Lipinski definition) is 2. The number of nitrogens with one attached hydrogen (secondary N) is 1. The van der Waals surface area contributed by atoms with E-state index >= 15 is 0 Å². The van der Waals surface area contributed by atoms with Crippen LogP contribution in [0, 0.1) is 5.92 Å². The van der Waals surface area contributed by atoms with Gasteiger partial charge in [-0.2, -0.15) is 0 Å². The smallest absolute Gasteiger partial charge is 0.0134 e. The molecular weight excluding hydrogens is 136 g/mol. The fourth-order valence-electron chi connectivity index (χ4n) is 1.59. The Balaban J connectivity index is 2.19. The van der Waals surface area contributed by atoms with Crippen LogP contribution in [-0.4, -0.2) is 19.6 Å². The van der Waals surface area contributed by atoms with Gasteiger partial charge in [0.15, 0.2) is 0 Å². The molecule has 1 atom stereocenters. The Hall–Kier alpha value is -0.340. The molecule has 1 aliphatic rings. The summed E-state index contributed by atoms with van der Waals surface area (Å²) in [4.78, 5) is 0. The number of rotatable bonds is 3. The first-order valence-corrected chi connectivity index (χ1v) is 4.40. The molecule has 0 radical (unpaired) electrons. The fourth-order valence-corrected chi connectivity index (χ4v) is 1.59. The van der Waals surface area contributed by atoms with Gasteiger partial charge in [0.2, 0.25) is 0 Å². The second-order valence-corrected chi connectivity index (χ2v) is 3.37. The number of nitrogens with two attached hydrogens (primary N) is 1. The minimum absolute atomic E-state index is 0.649. The van der Waals surface area contributed by atoms with Crippen molar-refractivity contribution in [1.29, 1.82) is 0 Å². The normalized spacial score (nSPS) is 25.0. The predicted octanol–water partition coefficient (Wildman–Crippen LogP) is 0.891. The van der Waals surface area contributed by atoms with Crippen LogP contribution in [0.3, 0.4) is 0 Å². The van der Waals surface area contributed by atoms with Crippen LogP contribution in [0.4, 0.5) is 0 Å². The van der Waals surface area contributed by atoms with Gasteiger partial charge in [-0.15, -0.1) is 0 Å². The van der Waals surface area contributed by atoms with Crippen LogP contribution in [0.1, 0.15) is 19.3 Å². The second-order valence-electron chi connectivity index (χ2n) is 3.37. The molecule has 2 nitrogen and oxygen atoms in total. The summed E-state index contributed by atoms with van der Waals surface area (Å²) in [5.41, 5.74) is 6.66. The molecule has 1 unspecified atom stereocenters. The van der Waals surface area contributed by atoms with Gasteiger partial charge in [-0.05, 0) is 38.3 Å². The minimum atomic E-state index is 0.649. The highest BCUT2D eigenvalue weighted by atomic mass is 14.9. The third kappa shape index (κ3) is 3.04. The first-order valence-electron chi connectivity index (χ1n) is 4.40. The van der Waals surface area contributed by atoms with Gasteiger partial charge in [-0.3, -0.25) is 0 Å². The molecule has 1 saturated heterocycles. The van der Waals surface area contributed by atoms with Gasteiger partial charge in [0.1, 0.15) is 0 Å². The Morgan fingerprint density at radius 3 is 3.00 bits per heavy atom. The van der Waals surface area contributed by atoms with Crippen molar-refractivity contribution in [3.8, 4) is 0 Å². The second kappa shape index (κ2) is 4.52. The first-order chi connectivity index (χ1) is 5.33. The Morgan fingerprint density at radius 1 is 1.64 bits per heavy atom. The third-order valence-electron chi connectivity index (χ3n) is 2.26. The molecule has 0 aromatic carbocycles. The molecule has 0 aromatic heterocycles. The highest BCUT2D eigenvalue weighted by Crippen LogP contribution is 2.17. The average molecular weight is 154 g/mol. The maximum absolute atomic E-state index is 5.47. The van der Waals surface area contributed by atoms with E-state index in [4.69, 9.17) is 5.73 Å². The van der Waals surface area contributed by atoms with E-state index in [9.17, 15) is 0 Å². The van der Waals surface area contributed by atoms with E-state index in [1.807, 2.05) is 0 Å². The molecular formula is C9H18N2. The Kier molecular flexibility index (Phi) is 3.60. The molecule has 64 valence electrons. The maximum Gasteiger partial charge on any atom is 0.0134 e. The predicted molar refractivity (Wildman–Crippen MR) is 48.4 cm³/mol. The van der Waals surface area contributed by atoms with Crippen molar-refractivity contribution in [3.05, 3.63) is 12.2 Å². The van der Waals surface area contributed by atoms with E-state index in [1.54, 1.807) is 0 Å². The topological polar surface area (TPSA) is 38.0 Å². The quantitative estimate of drug-likeness (QED) is 0.592. The molecule has 0 bridgehead atoms. The number of piperidine rings is 1. The van der Waals surface area contributed by atoms with Gasteiger partial charge in [-0.1, -0.05) is 12.2 Å². The lowest BCUT2D eigenvalue weighted by atomic mass is 9.93. The first kappa shape index (κ1) is 8.75. The van der Waals surface area contributed by atoms with Gasteiger partial charge in [0.05, 0.1) is 0 Å². The molecule has 1 aliphatic heterocycles. The minimum Gasteiger partial charge on any atom is -0.327 e. The lowest BCUT2D eigenvalue weighted by Gasteiger charge is -2.22. The standard InChI is InChI=1S/C9H18N2/c1-8(6-10)5-9-3-2-4-11-7-9/h9,11H,1-7,10H2. The van der Waals surface area contributed by atoms with Crippen LogP contribution in [0.5, 0.6) is 0 Å². The lowest BCUT2D eigenvalue weighted by molar-refractivity contribution is 0.374. The monoisotopic (exact) mass is 154 g/mol. The van der Waals surface area contributed by atoms with Gasteiger partial charge in [0, 0.05) is 6.54 Å². The van der Waals surface area contributed by atoms with Crippen LogP contribution in [0.25, 0.3) is 0 Å². The van der Waals surface area contributed by atoms with Crippen LogP contribution < -0.4 is 11.1 Å². The highest BCUT2D eigenvalue weighted by molar-refractivity contribution is 4.97. The molecule has 11 heavy (non-hydrogen) atoms. The molecule has 1 fully saturated rings. The Bertz CT molecular complexity index is 126. The van der Waals surface area contributed by atoms with E-state index < -0.39 is 0 Å². The summed E-state index contributed by atoms with van der Waals surface area (Å²) in [5.74, 6) is 0.791. The molecule has 0 aliphatic carbocycles. The average Bonchev–Trinajstić information content (AvgIpc) is 2.06. The van der Waals surface area contributed by atoms with Crippen LogP contribution in [0.15, 0.2) is 12.2 Å².